The number of anilines is 3. The molecule has 1 fully saturated rings. The van der Waals surface area contributed by atoms with Gasteiger partial charge in [-0.2, -0.15) is 5.26 Å². The minimum absolute atomic E-state index is 0.00932. The van der Waals surface area contributed by atoms with Crippen LogP contribution in [0.4, 0.5) is 17.5 Å². The smallest absolute Gasteiger partial charge is 0.184 e. The number of nitrogens with two attached hydrogens (primary N) is 3. The van der Waals surface area contributed by atoms with Gasteiger partial charge in [0, 0.05) is 35.1 Å². The number of nitrogens with zero attached hydrogens (tertiary/aromatic N) is 6. The highest BCUT2D eigenvalue weighted by Gasteiger charge is 2.47. The van der Waals surface area contributed by atoms with Gasteiger partial charge in [-0.3, -0.25) is 0 Å². The lowest BCUT2D eigenvalue weighted by Gasteiger charge is -2.42. The van der Waals surface area contributed by atoms with Crippen molar-refractivity contribution < 1.29 is 0 Å². The number of nitrogen functional groups attached to an aromatic ring is 2. The maximum atomic E-state index is 9.75. The first-order valence-corrected chi connectivity index (χ1v) is 12.1. The first-order chi connectivity index (χ1) is 15.4. The molecular weight excluding hydrogens is 466 g/mol. The highest BCUT2D eigenvalue weighted by molar-refractivity contribution is 7.99. The molecule has 1 spiro atoms. The Morgan fingerprint density at radius 1 is 1.22 bits per heavy atom. The van der Waals surface area contributed by atoms with E-state index in [1.54, 1.807) is 23.6 Å². The maximum absolute atomic E-state index is 9.75. The molecule has 164 valence electrons. The molecule has 0 bridgehead atoms. The first kappa shape index (κ1) is 21.2. The molecule has 2 aliphatic rings. The van der Waals surface area contributed by atoms with Crippen molar-refractivity contribution in [2.45, 2.75) is 35.2 Å². The summed E-state index contributed by atoms with van der Waals surface area (Å²) in [5.74, 6) is 0.959. The number of pyridine rings is 1. The van der Waals surface area contributed by atoms with Gasteiger partial charge in [0.15, 0.2) is 17.3 Å². The lowest BCUT2D eigenvalue weighted by molar-refractivity contribution is 0.187. The summed E-state index contributed by atoms with van der Waals surface area (Å²) < 4.78 is 0. The quantitative estimate of drug-likeness (QED) is 0.503. The van der Waals surface area contributed by atoms with Crippen LogP contribution in [0.2, 0.25) is 5.02 Å². The van der Waals surface area contributed by atoms with Gasteiger partial charge < -0.3 is 22.1 Å². The zero-order valence-corrected chi connectivity index (χ0v) is 19.3. The minimum atomic E-state index is 0.00932. The van der Waals surface area contributed by atoms with Crippen LogP contribution in [0.15, 0.2) is 27.7 Å². The lowest BCUT2D eigenvalue weighted by Crippen LogP contribution is -2.45. The summed E-state index contributed by atoms with van der Waals surface area (Å²) in [7, 11) is 0. The van der Waals surface area contributed by atoms with E-state index in [0.29, 0.717) is 20.8 Å². The fourth-order valence-corrected chi connectivity index (χ4v) is 6.45. The number of thiazole rings is 1. The average Bonchev–Trinajstić information content (AvgIpc) is 3.34. The van der Waals surface area contributed by atoms with Crippen LogP contribution in [0, 0.1) is 16.7 Å². The van der Waals surface area contributed by atoms with Gasteiger partial charge in [-0.25, -0.2) is 19.9 Å². The van der Waals surface area contributed by atoms with E-state index in [2.05, 4.69) is 30.9 Å². The second-order valence-corrected chi connectivity index (χ2v) is 10.3. The van der Waals surface area contributed by atoms with Crippen molar-refractivity contribution in [2.24, 2.45) is 11.1 Å². The van der Waals surface area contributed by atoms with Crippen molar-refractivity contribution in [3.8, 4) is 6.07 Å². The van der Waals surface area contributed by atoms with E-state index in [1.165, 1.54) is 16.6 Å². The predicted molar refractivity (Wildman–Crippen MR) is 126 cm³/mol. The van der Waals surface area contributed by atoms with Crippen molar-refractivity contribution in [1.82, 2.24) is 19.9 Å². The Labute approximate surface area is 198 Å². The number of halogens is 1. The van der Waals surface area contributed by atoms with E-state index in [9.17, 15) is 5.26 Å². The van der Waals surface area contributed by atoms with Crippen LogP contribution < -0.4 is 22.1 Å². The molecule has 0 radical (unpaired) electrons. The molecule has 1 saturated heterocycles. The van der Waals surface area contributed by atoms with E-state index >= 15 is 0 Å². The molecule has 0 saturated carbocycles. The van der Waals surface area contributed by atoms with Crippen LogP contribution in [0.3, 0.4) is 0 Å². The van der Waals surface area contributed by atoms with Crippen molar-refractivity contribution in [1.29, 1.82) is 5.26 Å². The summed E-state index contributed by atoms with van der Waals surface area (Å²) in [6, 6.07) is 3.89. The number of hydrogen-bond acceptors (Lipinski definition) is 11. The Bertz CT molecular complexity index is 1230. The van der Waals surface area contributed by atoms with Crippen molar-refractivity contribution in [2.75, 3.05) is 29.5 Å². The SMILES string of the molecule is N#Cc1nc(Sc2ccnc(N)c2Cl)c(N)nc1N1CCC2(CC1)Cc1ncsc1[C@H]2N. The normalized spacial score (nSPS) is 19.2. The van der Waals surface area contributed by atoms with Gasteiger partial charge in [-0.15, -0.1) is 11.3 Å². The number of aromatic nitrogens is 4. The van der Waals surface area contributed by atoms with Gasteiger partial charge in [-0.1, -0.05) is 23.4 Å². The molecule has 1 aliphatic carbocycles. The third-order valence-corrected chi connectivity index (χ3v) is 8.77. The molecule has 0 aromatic carbocycles. The van der Waals surface area contributed by atoms with E-state index in [0.717, 1.165) is 38.0 Å². The van der Waals surface area contributed by atoms with Gasteiger partial charge in [0.25, 0.3) is 0 Å². The molecule has 0 unspecified atom stereocenters. The maximum Gasteiger partial charge on any atom is 0.184 e. The minimum Gasteiger partial charge on any atom is -0.382 e. The molecule has 4 heterocycles. The van der Waals surface area contributed by atoms with Crippen LogP contribution in [0.5, 0.6) is 0 Å². The van der Waals surface area contributed by atoms with E-state index in [-0.39, 0.29) is 28.8 Å². The second-order valence-electron chi connectivity index (χ2n) is 7.98. The van der Waals surface area contributed by atoms with Gasteiger partial charge in [0.1, 0.15) is 16.9 Å². The summed E-state index contributed by atoms with van der Waals surface area (Å²) >= 11 is 9.08. The molecule has 12 heteroatoms. The van der Waals surface area contributed by atoms with Crippen LogP contribution in [-0.2, 0) is 6.42 Å². The Morgan fingerprint density at radius 2 is 2.00 bits per heavy atom. The van der Waals surface area contributed by atoms with Crippen molar-refractivity contribution in [3.05, 3.63) is 39.1 Å². The highest BCUT2D eigenvalue weighted by atomic mass is 35.5. The third-order valence-electron chi connectivity index (χ3n) is 6.26. The van der Waals surface area contributed by atoms with Gasteiger partial charge in [-0.05, 0) is 30.7 Å². The fourth-order valence-electron chi connectivity index (χ4n) is 4.46. The van der Waals surface area contributed by atoms with Crippen molar-refractivity contribution >= 4 is 52.2 Å². The molecule has 32 heavy (non-hydrogen) atoms. The molecule has 5 rings (SSSR count). The van der Waals surface area contributed by atoms with Gasteiger partial charge >= 0.3 is 0 Å². The van der Waals surface area contributed by atoms with Gasteiger partial charge in [0.05, 0.1) is 16.2 Å². The van der Waals surface area contributed by atoms with Crippen LogP contribution >= 0.6 is 34.7 Å². The lowest BCUT2D eigenvalue weighted by atomic mass is 9.74. The largest absolute Gasteiger partial charge is 0.382 e. The zero-order valence-electron chi connectivity index (χ0n) is 17.0. The standard InChI is InChI=1S/C20H20ClN9S2/c21-13-12(1-4-26-16(13)24)32-19-17(25)29-18(11(8-22)28-19)30-5-2-20(3-6-30)7-10-14(15(20)23)31-9-27-10/h1,4,9,15H,2-3,5-7,23H2,(H2,24,26)(H2,25,29)/t15-/m1/s1. The highest BCUT2D eigenvalue weighted by Crippen LogP contribution is 2.52. The molecule has 1 aliphatic heterocycles. The Morgan fingerprint density at radius 3 is 2.72 bits per heavy atom. The van der Waals surface area contributed by atoms with Gasteiger partial charge in [0.2, 0.25) is 0 Å². The third kappa shape index (κ3) is 3.44. The molecular formula is C20H20ClN9S2. The first-order valence-electron chi connectivity index (χ1n) is 10.00. The number of fused-ring (bicyclic) bond motifs is 1. The molecule has 3 aromatic rings. The topological polar surface area (TPSA) is 157 Å². The molecule has 9 nitrogen and oxygen atoms in total. The summed E-state index contributed by atoms with van der Waals surface area (Å²) in [5.41, 5.74) is 21.9. The van der Waals surface area contributed by atoms with E-state index < -0.39 is 0 Å². The average molecular weight is 486 g/mol. The molecule has 0 amide bonds. The van der Waals surface area contributed by atoms with Crippen molar-refractivity contribution in [3.63, 3.8) is 0 Å². The van der Waals surface area contributed by atoms with E-state index in [1.807, 2.05) is 5.51 Å². The summed E-state index contributed by atoms with van der Waals surface area (Å²) in [6.45, 7) is 1.45. The number of piperidine rings is 1. The summed E-state index contributed by atoms with van der Waals surface area (Å²) in [4.78, 5) is 21.4. The summed E-state index contributed by atoms with van der Waals surface area (Å²) in [5, 5.41) is 10.5. The molecule has 3 aromatic heterocycles. The zero-order chi connectivity index (χ0) is 22.5. The Kier molecular flexibility index (Phi) is 5.33. The number of nitriles is 1. The van der Waals surface area contributed by atoms with E-state index in [4.69, 9.17) is 28.8 Å². The number of hydrogen-bond donors (Lipinski definition) is 3. The van der Waals surface area contributed by atoms with Crippen LogP contribution in [0.25, 0.3) is 0 Å². The van der Waals surface area contributed by atoms with Crippen LogP contribution in [-0.4, -0.2) is 33.0 Å². The predicted octanol–water partition coefficient (Wildman–Crippen LogP) is 3.01. The molecule has 6 N–H and O–H groups in total. The molecule has 1 atom stereocenters. The summed E-state index contributed by atoms with van der Waals surface area (Å²) in [6.07, 6.45) is 4.25. The Hall–Kier alpha value is -2.65. The Balaban J connectivity index is 1.37. The second kappa shape index (κ2) is 8.04. The fraction of sp³-hybridized carbons (Fsp3) is 0.350. The number of rotatable bonds is 3. The monoisotopic (exact) mass is 485 g/mol. The van der Waals surface area contributed by atoms with Crippen LogP contribution in [0.1, 0.15) is 35.1 Å².